The number of rotatable bonds is 6. The Morgan fingerprint density at radius 1 is 1.19 bits per heavy atom. The Hall–Kier alpha value is -2.45. The lowest BCUT2D eigenvalue weighted by Crippen LogP contribution is -2.36. The number of hydrogen-bond donors (Lipinski definition) is 1. The molecule has 0 fully saturated rings. The number of furan rings is 1. The number of hydrazone groups is 1. The number of amides is 1. The van der Waals surface area contributed by atoms with Crippen molar-refractivity contribution < 1.29 is 17.6 Å². The SMILES string of the molecule is C/C(=N/NC(=O)CN(C)S(=O)(=O)c1ccc(C)cc1)c1cc(C)oc1C. The summed E-state index contributed by atoms with van der Waals surface area (Å²) >= 11 is 0. The molecule has 0 spiro atoms. The summed E-state index contributed by atoms with van der Waals surface area (Å²) in [7, 11) is -2.38. The Morgan fingerprint density at radius 2 is 1.81 bits per heavy atom. The third-order valence-corrected chi connectivity index (χ3v) is 5.69. The second-order valence-electron chi connectivity index (χ2n) is 6.13. The van der Waals surface area contributed by atoms with Crippen LogP contribution in [-0.4, -0.2) is 37.9 Å². The number of sulfonamides is 1. The predicted octanol–water partition coefficient (Wildman–Crippen LogP) is 2.37. The topological polar surface area (TPSA) is 92.0 Å². The molecular formula is C18H23N3O4S. The summed E-state index contributed by atoms with van der Waals surface area (Å²) in [5.41, 5.74) is 4.71. The van der Waals surface area contributed by atoms with Gasteiger partial charge in [-0.25, -0.2) is 13.8 Å². The lowest BCUT2D eigenvalue weighted by Gasteiger charge is -2.16. The normalized spacial score (nSPS) is 12.5. The first-order valence-electron chi connectivity index (χ1n) is 8.05. The fourth-order valence-electron chi connectivity index (χ4n) is 2.41. The van der Waals surface area contributed by atoms with Gasteiger partial charge in [-0.05, 0) is 45.9 Å². The van der Waals surface area contributed by atoms with Crippen LogP contribution in [0.3, 0.4) is 0 Å². The van der Waals surface area contributed by atoms with Crippen LogP contribution in [0.15, 0.2) is 44.7 Å². The van der Waals surface area contributed by atoms with Gasteiger partial charge in [0.15, 0.2) is 0 Å². The summed E-state index contributed by atoms with van der Waals surface area (Å²) in [6, 6.07) is 8.29. The van der Waals surface area contributed by atoms with Crippen LogP contribution in [0.5, 0.6) is 0 Å². The van der Waals surface area contributed by atoms with Crippen LogP contribution in [0.1, 0.15) is 29.6 Å². The van der Waals surface area contributed by atoms with Crippen LogP contribution in [0.25, 0.3) is 0 Å². The van der Waals surface area contributed by atoms with Crippen LogP contribution in [-0.2, 0) is 14.8 Å². The summed E-state index contributed by atoms with van der Waals surface area (Å²) in [5.74, 6) is 0.930. The minimum Gasteiger partial charge on any atom is -0.466 e. The molecule has 0 saturated heterocycles. The first-order chi connectivity index (χ1) is 12.1. The summed E-state index contributed by atoms with van der Waals surface area (Å²) in [6.07, 6.45) is 0. The Labute approximate surface area is 153 Å². The highest BCUT2D eigenvalue weighted by Crippen LogP contribution is 2.15. The van der Waals surface area contributed by atoms with Gasteiger partial charge in [-0.2, -0.15) is 9.41 Å². The third-order valence-electron chi connectivity index (χ3n) is 3.87. The average molecular weight is 377 g/mol. The first kappa shape index (κ1) is 19.9. The van der Waals surface area contributed by atoms with Crippen molar-refractivity contribution in [3.63, 3.8) is 0 Å². The van der Waals surface area contributed by atoms with Gasteiger partial charge in [0, 0.05) is 12.6 Å². The highest BCUT2D eigenvalue weighted by atomic mass is 32.2. The van der Waals surface area contributed by atoms with E-state index < -0.39 is 15.9 Å². The standard InChI is InChI=1S/C18H23N3O4S/c1-12-6-8-16(9-7-12)26(23,24)21(5)11-18(22)20-19-14(3)17-10-13(2)25-15(17)4/h6-10H,11H2,1-5H3,(H,20,22)/b19-14-. The monoisotopic (exact) mass is 377 g/mol. The van der Waals surface area contributed by atoms with E-state index in [2.05, 4.69) is 10.5 Å². The van der Waals surface area contributed by atoms with Crippen molar-refractivity contribution in [2.45, 2.75) is 32.6 Å². The molecule has 0 atom stereocenters. The van der Waals surface area contributed by atoms with Gasteiger partial charge >= 0.3 is 0 Å². The molecule has 2 aromatic rings. The number of hydrogen-bond acceptors (Lipinski definition) is 5. The van der Waals surface area contributed by atoms with E-state index in [4.69, 9.17) is 4.42 Å². The van der Waals surface area contributed by atoms with Crippen LogP contribution < -0.4 is 5.43 Å². The van der Waals surface area contributed by atoms with E-state index in [-0.39, 0.29) is 11.4 Å². The first-order valence-corrected chi connectivity index (χ1v) is 9.49. The molecule has 140 valence electrons. The molecule has 0 radical (unpaired) electrons. The molecule has 0 aliphatic rings. The Balaban J connectivity index is 2.03. The molecule has 1 amide bonds. The second kappa shape index (κ2) is 7.84. The van der Waals surface area contributed by atoms with E-state index in [0.29, 0.717) is 11.5 Å². The van der Waals surface area contributed by atoms with Crippen molar-refractivity contribution >= 4 is 21.6 Å². The maximum absolute atomic E-state index is 12.5. The summed E-state index contributed by atoms with van der Waals surface area (Å²) in [4.78, 5) is 12.2. The minimum absolute atomic E-state index is 0.141. The van der Waals surface area contributed by atoms with Gasteiger partial charge in [-0.15, -0.1) is 0 Å². The lowest BCUT2D eigenvalue weighted by atomic mass is 10.2. The Bertz CT molecular complexity index is 928. The van der Waals surface area contributed by atoms with Gasteiger partial charge < -0.3 is 4.42 Å². The van der Waals surface area contributed by atoms with Gasteiger partial charge in [0.05, 0.1) is 17.2 Å². The van der Waals surface area contributed by atoms with Crippen LogP contribution in [0.2, 0.25) is 0 Å². The summed E-state index contributed by atoms with van der Waals surface area (Å²) < 4.78 is 31.4. The van der Waals surface area contributed by atoms with E-state index in [9.17, 15) is 13.2 Å². The molecule has 0 bridgehead atoms. The van der Waals surface area contributed by atoms with Gasteiger partial charge in [0.1, 0.15) is 11.5 Å². The number of nitrogens with zero attached hydrogens (tertiary/aromatic N) is 2. The molecule has 1 N–H and O–H groups in total. The smallest absolute Gasteiger partial charge is 0.255 e. The number of carbonyl (C=O) groups excluding carboxylic acids is 1. The quantitative estimate of drug-likeness (QED) is 0.618. The fraction of sp³-hybridized carbons (Fsp3) is 0.333. The number of nitrogens with one attached hydrogen (secondary N) is 1. The van der Waals surface area contributed by atoms with Gasteiger partial charge in [0.2, 0.25) is 10.0 Å². The summed E-state index contributed by atoms with van der Waals surface area (Å²) in [6.45, 7) is 6.91. The fourth-order valence-corrected chi connectivity index (χ4v) is 3.54. The highest BCUT2D eigenvalue weighted by Gasteiger charge is 2.22. The maximum Gasteiger partial charge on any atom is 0.255 e. The molecule has 0 saturated carbocycles. The zero-order valence-corrected chi connectivity index (χ0v) is 16.3. The van der Waals surface area contributed by atoms with Crippen LogP contribution in [0, 0.1) is 20.8 Å². The molecule has 1 aromatic heterocycles. The van der Waals surface area contributed by atoms with Crippen LogP contribution >= 0.6 is 0 Å². The zero-order chi connectivity index (χ0) is 19.5. The third kappa shape index (κ3) is 4.59. The summed E-state index contributed by atoms with van der Waals surface area (Å²) in [5, 5.41) is 4.02. The molecule has 0 aliphatic heterocycles. The molecule has 1 heterocycles. The molecule has 0 unspecified atom stereocenters. The maximum atomic E-state index is 12.5. The van der Waals surface area contributed by atoms with Crippen molar-refractivity contribution in [3.8, 4) is 0 Å². The van der Waals surface area contributed by atoms with E-state index in [1.807, 2.05) is 26.8 Å². The largest absolute Gasteiger partial charge is 0.466 e. The lowest BCUT2D eigenvalue weighted by molar-refractivity contribution is -0.121. The Morgan fingerprint density at radius 3 is 2.35 bits per heavy atom. The van der Waals surface area contributed by atoms with Crippen molar-refractivity contribution in [2.24, 2.45) is 5.10 Å². The Kier molecular flexibility index (Phi) is 5.99. The highest BCUT2D eigenvalue weighted by molar-refractivity contribution is 7.89. The van der Waals surface area contributed by atoms with Crippen molar-refractivity contribution in [1.29, 1.82) is 0 Å². The molecule has 7 nitrogen and oxygen atoms in total. The van der Waals surface area contributed by atoms with Gasteiger partial charge in [-0.3, -0.25) is 4.79 Å². The molecule has 2 rings (SSSR count). The second-order valence-corrected chi connectivity index (χ2v) is 8.18. The number of aryl methyl sites for hydroxylation is 3. The zero-order valence-electron chi connectivity index (χ0n) is 15.5. The van der Waals surface area contributed by atoms with E-state index >= 15 is 0 Å². The van der Waals surface area contributed by atoms with E-state index in [0.717, 1.165) is 21.2 Å². The molecular weight excluding hydrogens is 354 g/mol. The van der Waals surface area contributed by atoms with Crippen LogP contribution in [0.4, 0.5) is 0 Å². The van der Waals surface area contributed by atoms with Gasteiger partial charge in [0.25, 0.3) is 5.91 Å². The average Bonchev–Trinajstić information content (AvgIpc) is 2.91. The van der Waals surface area contributed by atoms with E-state index in [1.54, 1.807) is 19.1 Å². The number of benzene rings is 1. The minimum atomic E-state index is -3.74. The molecule has 1 aromatic carbocycles. The van der Waals surface area contributed by atoms with Crippen molar-refractivity contribution in [2.75, 3.05) is 13.6 Å². The van der Waals surface area contributed by atoms with E-state index in [1.165, 1.54) is 19.2 Å². The van der Waals surface area contributed by atoms with Crippen molar-refractivity contribution in [3.05, 3.63) is 53.0 Å². The number of carbonyl (C=O) groups is 1. The molecule has 26 heavy (non-hydrogen) atoms. The molecule has 8 heteroatoms. The predicted molar refractivity (Wildman–Crippen MR) is 99.5 cm³/mol. The van der Waals surface area contributed by atoms with Gasteiger partial charge in [-0.1, -0.05) is 17.7 Å². The van der Waals surface area contributed by atoms with Crippen molar-refractivity contribution in [1.82, 2.24) is 9.73 Å². The number of likely N-dealkylation sites (N-methyl/N-ethyl adjacent to an activating group) is 1. The molecule has 0 aliphatic carbocycles.